The van der Waals surface area contributed by atoms with Gasteiger partial charge in [0.2, 0.25) is 5.91 Å². The summed E-state index contributed by atoms with van der Waals surface area (Å²) >= 11 is 0. The summed E-state index contributed by atoms with van der Waals surface area (Å²) in [4.78, 5) is 38.2. The van der Waals surface area contributed by atoms with Crippen LogP contribution in [0.3, 0.4) is 0 Å². The predicted octanol–water partition coefficient (Wildman–Crippen LogP) is 2.70. The first-order chi connectivity index (χ1) is 16.8. The average Bonchev–Trinajstić information content (AvgIpc) is 3.29. The van der Waals surface area contributed by atoms with Gasteiger partial charge in [-0.1, -0.05) is 42.5 Å². The van der Waals surface area contributed by atoms with E-state index in [0.29, 0.717) is 35.8 Å². The normalized spacial score (nSPS) is 15.5. The molecule has 4 rings (SSSR count). The van der Waals surface area contributed by atoms with Crippen LogP contribution in [0.2, 0.25) is 0 Å². The molecule has 1 unspecified atom stereocenters. The highest BCUT2D eigenvalue weighted by atomic mass is 16.6. The molecule has 10 heteroatoms. The molecule has 0 saturated heterocycles. The highest BCUT2D eigenvalue weighted by Gasteiger charge is 2.32. The Morgan fingerprint density at radius 3 is 2.49 bits per heavy atom. The molecule has 2 atom stereocenters. The molecule has 182 valence electrons. The van der Waals surface area contributed by atoms with E-state index < -0.39 is 24.1 Å². The van der Waals surface area contributed by atoms with Crippen molar-refractivity contribution in [3.8, 4) is 17.1 Å². The summed E-state index contributed by atoms with van der Waals surface area (Å²) in [5, 5.41) is 21.0. The maximum absolute atomic E-state index is 13.3. The van der Waals surface area contributed by atoms with E-state index in [-0.39, 0.29) is 12.3 Å². The number of aliphatic carboxylic acids is 1. The summed E-state index contributed by atoms with van der Waals surface area (Å²) in [6, 6.07) is 14.3. The Hall–Kier alpha value is -4.21. The first kappa shape index (κ1) is 23.9. The van der Waals surface area contributed by atoms with Crippen molar-refractivity contribution in [2.45, 2.75) is 37.8 Å². The largest absolute Gasteiger partial charge is 0.480 e. The van der Waals surface area contributed by atoms with Gasteiger partial charge in [0.1, 0.15) is 23.7 Å². The maximum atomic E-state index is 13.3. The van der Waals surface area contributed by atoms with Crippen molar-refractivity contribution < 1.29 is 24.2 Å². The maximum Gasteiger partial charge on any atom is 0.414 e. The second-order valence-electron chi connectivity index (χ2n) is 8.59. The van der Waals surface area contributed by atoms with Crippen LogP contribution in [0.5, 0.6) is 5.75 Å². The average molecular weight is 478 g/mol. The lowest BCUT2D eigenvalue weighted by molar-refractivity contribution is -0.142. The van der Waals surface area contributed by atoms with Gasteiger partial charge in [0.05, 0.1) is 0 Å². The molecule has 2 aromatic carbocycles. The van der Waals surface area contributed by atoms with Crippen LogP contribution < -0.4 is 10.1 Å². The van der Waals surface area contributed by atoms with Crippen molar-refractivity contribution in [3.05, 3.63) is 66.0 Å². The van der Waals surface area contributed by atoms with Gasteiger partial charge in [0.15, 0.2) is 5.82 Å². The number of hydrogen-bond acceptors (Lipinski definition) is 6. The fraction of sp³-hybridized carbons (Fsp3) is 0.320. The minimum atomic E-state index is -1.13. The van der Waals surface area contributed by atoms with Crippen molar-refractivity contribution in [3.63, 3.8) is 0 Å². The van der Waals surface area contributed by atoms with E-state index in [9.17, 15) is 19.5 Å². The fourth-order valence-corrected chi connectivity index (χ4v) is 4.03. The van der Waals surface area contributed by atoms with E-state index >= 15 is 0 Å². The van der Waals surface area contributed by atoms with Crippen molar-refractivity contribution in [2.24, 2.45) is 0 Å². The van der Waals surface area contributed by atoms with Crippen LogP contribution in [0.15, 0.2) is 54.6 Å². The zero-order valence-electron chi connectivity index (χ0n) is 19.5. The van der Waals surface area contributed by atoms with Crippen LogP contribution in [0.1, 0.15) is 30.3 Å². The van der Waals surface area contributed by atoms with Gasteiger partial charge < -0.3 is 20.1 Å². The number of hydrogen-bond donors (Lipinski definition) is 2. The molecule has 2 amide bonds. The van der Waals surface area contributed by atoms with Gasteiger partial charge in [-0.15, -0.1) is 10.2 Å². The number of benzene rings is 2. The third-order valence-electron chi connectivity index (χ3n) is 5.84. The van der Waals surface area contributed by atoms with Crippen LogP contribution in [-0.2, 0) is 22.4 Å². The number of nitrogens with zero attached hydrogens (tertiary/aromatic N) is 4. The Bertz CT molecular complexity index is 1210. The van der Waals surface area contributed by atoms with E-state index in [1.54, 1.807) is 38.4 Å². The minimum Gasteiger partial charge on any atom is -0.480 e. The smallest absolute Gasteiger partial charge is 0.414 e. The van der Waals surface area contributed by atoms with Crippen molar-refractivity contribution in [1.82, 2.24) is 25.0 Å². The van der Waals surface area contributed by atoms with E-state index in [0.717, 1.165) is 12.0 Å². The van der Waals surface area contributed by atoms with Gasteiger partial charge in [-0.05, 0) is 30.5 Å². The van der Waals surface area contributed by atoms with E-state index in [4.69, 9.17) is 4.74 Å². The standard InChI is InChI=1S/C25H27N5O5/c1-29(2)25(34)35-18-13-11-16(12-14-18)15-19(24(32)33)26-23(31)20-9-6-10-21-27-28-22(30(20)21)17-7-4-3-5-8-17/h3-5,7-8,11-14,19-20H,6,9-10,15H2,1-2H3,(H,26,31)(H,32,33)/t19-,20?/m0/s1. The van der Waals surface area contributed by atoms with Gasteiger partial charge in [-0.25, -0.2) is 9.59 Å². The molecule has 1 aromatic heterocycles. The molecule has 3 aromatic rings. The van der Waals surface area contributed by atoms with Crippen molar-refractivity contribution in [1.29, 1.82) is 0 Å². The molecule has 0 radical (unpaired) electrons. The van der Waals surface area contributed by atoms with Crippen molar-refractivity contribution in [2.75, 3.05) is 14.1 Å². The van der Waals surface area contributed by atoms with Crippen LogP contribution >= 0.6 is 0 Å². The summed E-state index contributed by atoms with van der Waals surface area (Å²) in [6.45, 7) is 0. The SMILES string of the molecule is CN(C)C(=O)Oc1ccc(C[C@H](NC(=O)C2CCCc3nnc(-c4ccccc4)n32)C(=O)O)cc1. The van der Waals surface area contributed by atoms with Crippen LogP contribution in [-0.4, -0.2) is 62.9 Å². The van der Waals surface area contributed by atoms with E-state index in [2.05, 4.69) is 15.5 Å². The molecule has 35 heavy (non-hydrogen) atoms. The number of carboxylic acid groups (broad SMARTS) is 1. The van der Waals surface area contributed by atoms with E-state index in [1.165, 1.54) is 4.90 Å². The van der Waals surface area contributed by atoms with Crippen molar-refractivity contribution >= 4 is 18.0 Å². The Balaban J connectivity index is 1.49. The summed E-state index contributed by atoms with van der Waals surface area (Å²) in [7, 11) is 3.16. The van der Waals surface area contributed by atoms with Gasteiger partial charge in [0, 0.05) is 32.5 Å². The lowest BCUT2D eigenvalue weighted by Gasteiger charge is -2.27. The third-order valence-corrected chi connectivity index (χ3v) is 5.84. The number of fused-ring (bicyclic) bond motifs is 1. The number of aromatic nitrogens is 3. The predicted molar refractivity (Wildman–Crippen MR) is 127 cm³/mol. The zero-order valence-corrected chi connectivity index (χ0v) is 19.5. The quantitative estimate of drug-likeness (QED) is 0.536. The number of aryl methyl sites for hydroxylation is 1. The molecule has 0 aliphatic carbocycles. The molecule has 1 aliphatic heterocycles. The minimum absolute atomic E-state index is 0.0796. The molecule has 2 heterocycles. The van der Waals surface area contributed by atoms with Gasteiger partial charge in [0.25, 0.3) is 0 Å². The number of amides is 2. The Morgan fingerprint density at radius 1 is 1.11 bits per heavy atom. The van der Waals surface area contributed by atoms with E-state index in [1.807, 2.05) is 34.9 Å². The molecular weight excluding hydrogens is 450 g/mol. The molecule has 10 nitrogen and oxygen atoms in total. The first-order valence-corrected chi connectivity index (χ1v) is 11.3. The molecule has 2 N–H and O–H groups in total. The van der Waals surface area contributed by atoms with Gasteiger partial charge in [-0.3, -0.25) is 9.36 Å². The number of ether oxygens (including phenoxy) is 1. The Labute approximate surface area is 202 Å². The Kier molecular flexibility index (Phi) is 7.09. The second kappa shape index (κ2) is 10.4. The summed E-state index contributed by atoms with van der Waals surface area (Å²) < 4.78 is 7.01. The molecule has 0 saturated carbocycles. The van der Waals surface area contributed by atoms with Crippen LogP contribution in [0, 0.1) is 0 Å². The summed E-state index contributed by atoms with van der Waals surface area (Å²) in [5.41, 5.74) is 1.52. The molecule has 0 fully saturated rings. The zero-order chi connectivity index (χ0) is 24.9. The Morgan fingerprint density at radius 2 is 1.83 bits per heavy atom. The fourth-order valence-electron chi connectivity index (χ4n) is 4.03. The molecular formula is C25H27N5O5. The lowest BCUT2D eigenvalue weighted by atomic mass is 10.0. The molecule has 0 bridgehead atoms. The topological polar surface area (TPSA) is 127 Å². The van der Waals surface area contributed by atoms with Gasteiger partial charge in [-0.2, -0.15) is 0 Å². The monoisotopic (exact) mass is 477 g/mol. The summed E-state index contributed by atoms with van der Waals surface area (Å²) in [5.74, 6) is 0.135. The summed E-state index contributed by atoms with van der Waals surface area (Å²) in [6.07, 6.45) is 1.60. The number of carboxylic acids is 1. The number of carbonyl (C=O) groups excluding carboxylic acids is 2. The molecule has 0 spiro atoms. The highest BCUT2D eigenvalue weighted by molar-refractivity contribution is 5.86. The highest BCUT2D eigenvalue weighted by Crippen LogP contribution is 2.30. The van der Waals surface area contributed by atoms with Gasteiger partial charge >= 0.3 is 12.1 Å². The molecule has 1 aliphatic rings. The first-order valence-electron chi connectivity index (χ1n) is 11.3. The number of nitrogens with one attached hydrogen (secondary N) is 1. The van der Waals surface area contributed by atoms with Crippen LogP contribution in [0.4, 0.5) is 4.79 Å². The third kappa shape index (κ3) is 5.48. The number of rotatable bonds is 7. The van der Waals surface area contributed by atoms with Crippen LogP contribution in [0.25, 0.3) is 11.4 Å². The number of carbonyl (C=O) groups is 3. The lowest BCUT2D eigenvalue weighted by Crippen LogP contribution is -2.46. The second-order valence-corrected chi connectivity index (χ2v) is 8.59.